The van der Waals surface area contributed by atoms with Crippen LogP contribution in [0.1, 0.15) is 9.99 Å². The Morgan fingerprint density at radius 2 is 0.429 bits per heavy atom. The van der Waals surface area contributed by atoms with Gasteiger partial charge in [-0.1, -0.05) is 0 Å². The normalized spacial score (nSPS) is 0. The fourth-order valence-electron chi connectivity index (χ4n) is 0. The molecular weight excluding hydrogens is 258 g/mol. The van der Waals surface area contributed by atoms with Crippen LogP contribution in [0.4, 0.5) is 0 Å². The van der Waals surface area contributed by atoms with Crippen molar-refractivity contribution in [1.29, 1.82) is 0 Å². The van der Waals surface area contributed by atoms with E-state index in [1.165, 1.54) is 0 Å². The van der Waals surface area contributed by atoms with Crippen LogP contribution in [0.5, 0.6) is 0 Å². The molecule has 0 nitrogen and oxygen atoms in total. The van der Waals surface area contributed by atoms with Gasteiger partial charge in [-0.3, -0.25) is 0 Å². The minimum absolute atomic E-state index is 0. The molecule has 0 aliphatic heterocycles. The van der Waals surface area contributed by atoms with Gasteiger partial charge in [0.05, 0.1) is 0 Å². The van der Waals surface area contributed by atoms with E-state index in [1.54, 1.807) is 0 Å². The van der Waals surface area contributed by atoms with Crippen LogP contribution in [0.25, 0.3) is 0 Å². The molecule has 0 spiro atoms. The predicted octanol–water partition coefficient (Wildman–Crippen LogP) is -20.2. The molecule has 0 N–H and O–H groups in total. The van der Waals surface area contributed by atoms with Crippen molar-refractivity contribution < 1.29 is 348 Å². The molecule has 0 heterocycles. The Morgan fingerprint density at radius 3 is 0.429 bits per heavy atom. The largest absolute Gasteiger partial charge is 1.00 e. The van der Waals surface area contributed by atoms with Crippen LogP contribution >= 0.6 is 0 Å². The van der Waals surface area contributed by atoms with Crippen LogP contribution in [0.15, 0.2) is 0 Å². The molecule has 0 aromatic carbocycles. The minimum Gasteiger partial charge on any atom is -1.00 e. The molecule has 0 unspecified atom stereocenters. The van der Waals surface area contributed by atoms with Crippen LogP contribution in [-0.2, 0) is 0 Å². The Hall–Kier alpha value is 10.8. The summed E-state index contributed by atoms with van der Waals surface area (Å²) in [5, 5.41) is 0. The van der Waals surface area contributed by atoms with E-state index in [4.69, 9.17) is 0 Å². The van der Waals surface area contributed by atoms with Crippen molar-refractivity contribution in [2.75, 3.05) is 0 Å². The van der Waals surface area contributed by atoms with E-state index >= 15 is 0 Å². The molecule has 0 amide bonds. The zero-order valence-corrected chi connectivity index (χ0v) is 27.7. The first kappa shape index (κ1) is 43.1. The molecule has 7 heteroatoms. The van der Waals surface area contributed by atoms with Crippen LogP contribution in [0.2, 0.25) is 0 Å². The zero-order chi connectivity index (χ0) is 0. The van der Waals surface area contributed by atoms with Crippen LogP contribution in [0, 0.1) is 0 Å². The fourth-order valence-corrected chi connectivity index (χ4v) is 0. The Kier molecular flexibility index (Phi) is 221. The molecule has 0 radical (unpaired) electrons. The van der Waals surface area contributed by atoms with Crippen LogP contribution < -0.4 is 338 Å². The number of hydrogen-bond donors (Lipinski definition) is 0. The van der Waals surface area contributed by atoms with Gasteiger partial charge < -0.3 is 9.99 Å². The second-order valence-electron chi connectivity index (χ2n) is 0. The molecule has 0 aromatic heterocycles. The molecule has 14 valence electrons. The topological polar surface area (TPSA) is 0 Å². The standard InChI is InChI=1S/6K.Na.7H/q7*+1;7*-1. The van der Waals surface area contributed by atoms with Gasteiger partial charge in [0.2, 0.25) is 0 Å². The first-order valence-electron chi connectivity index (χ1n) is 0. The smallest absolute Gasteiger partial charge is 1.00 e. The van der Waals surface area contributed by atoms with Crippen molar-refractivity contribution in [3.63, 3.8) is 0 Å². The molecule has 7 heavy (non-hydrogen) atoms. The molecular formula is H7K6Na. The Morgan fingerprint density at radius 1 is 0.429 bits per heavy atom. The van der Waals surface area contributed by atoms with Gasteiger partial charge in [0.1, 0.15) is 0 Å². The van der Waals surface area contributed by atoms with Crippen molar-refractivity contribution in [3.05, 3.63) is 0 Å². The maximum atomic E-state index is 0. The minimum atomic E-state index is 0. The number of hydrogen-bond acceptors (Lipinski definition) is 0. The summed E-state index contributed by atoms with van der Waals surface area (Å²) >= 11 is 0. The van der Waals surface area contributed by atoms with E-state index in [2.05, 4.69) is 0 Å². The molecule has 0 saturated carbocycles. The summed E-state index contributed by atoms with van der Waals surface area (Å²) in [5.74, 6) is 0. The summed E-state index contributed by atoms with van der Waals surface area (Å²) < 4.78 is 0. The molecule has 0 aliphatic rings. The van der Waals surface area contributed by atoms with E-state index in [9.17, 15) is 0 Å². The number of rotatable bonds is 0. The first-order valence-corrected chi connectivity index (χ1v) is 0. The van der Waals surface area contributed by atoms with Gasteiger partial charge >= 0.3 is 338 Å². The Bertz CT molecular complexity index is 18.1. The molecule has 0 aromatic rings. The van der Waals surface area contributed by atoms with Crippen LogP contribution in [-0.4, -0.2) is 0 Å². The predicted molar refractivity (Wildman–Crippen MR) is 7.78 cm³/mol. The Labute approximate surface area is 334 Å². The van der Waals surface area contributed by atoms with E-state index in [0.717, 1.165) is 0 Å². The summed E-state index contributed by atoms with van der Waals surface area (Å²) in [6.45, 7) is 0. The van der Waals surface area contributed by atoms with Gasteiger partial charge in [0.25, 0.3) is 0 Å². The molecule has 0 aliphatic carbocycles. The van der Waals surface area contributed by atoms with Gasteiger partial charge in [-0.05, 0) is 0 Å². The second kappa shape index (κ2) is 36.0. The monoisotopic (exact) mass is 264 g/mol. The molecule has 0 atom stereocenters. The van der Waals surface area contributed by atoms with Crippen molar-refractivity contribution in [3.8, 4) is 0 Å². The Balaban J connectivity index is 0. The maximum Gasteiger partial charge on any atom is 1.00 e. The van der Waals surface area contributed by atoms with Gasteiger partial charge in [-0.2, -0.15) is 0 Å². The summed E-state index contributed by atoms with van der Waals surface area (Å²) in [7, 11) is 0. The van der Waals surface area contributed by atoms with Crippen molar-refractivity contribution in [2.24, 2.45) is 0 Å². The summed E-state index contributed by atoms with van der Waals surface area (Å²) in [6, 6.07) is 0. The third-order valence-electron chi connectivity index (χ3n) is 0. The van der Waals surface area contributed by atoms with E-state index < -0.39 is 0 Å². The third-order valence-corrected chi connectivity index (χ3v) is 0. The van der Waals surface area contributed by atoms with Crippen molar-refractivity contribution >= 4 is 0 Å². The van der Waals surface area contributed by atoms with Crippen molar-refractivity contribution in [2.45, 2.75) is 0 Å². The summed E-state index contributed by atoms with van der Waals surface area (Å²) in [4.78, 5) is 0. The summed E-state index contributed by atoms with van der Waals surface area (Å²) in [6.07, 6.45) is 0. The van der Waals surface area contributed by atoms with E-state index in [-0.39, 0.29) is 348 Å². The molecule has 0 fully saturated rings. The summed E-state index contributed by atoms with van der Waals surface area (Å²) in [5.41, 5.74) is 0. The van der Waals surface area contributed by atoms with Gasteiger partial charge in [-0.25, -0.2) is 0 Å². The van der Waals surface area contributed by atoms with E-state index in [1.807, 2.05) is 0 Å². The first-order chi connectivity index (χ1) is 0. The molecule has 0 rings (SSSR count). The fraction of sp³-hybridized carbons (Fsp3) is 0. The second-order valence-corrected chi connectivity index (χ2v) is 0. The van der Waals surface area contributed by atoms with Gasteiger partial charge in [0.15, 0.2) is 0 Å². The van der Waals surface area contributed by atoms with Crippen molar-refractivity contribution in [1.82, 2.24) is 0 Å². The zero-order valence-electron chi connectivity index (χ0n) is 14.0. The average molecular weight is 265 g/mol. The quantitative estimate of drug-likeness (QED) is 0.381. The molecule has 0 bridgehead atoms. The SMILES string of the molecule is [H-].[H-].[H-].[H-].[H-].[H-].[H-].[K+].[K+].[K+].[K+].[K+].[K+].[Na+]. The van der Waals surface area contributed by atoms with Gasteiger partial charge in [-0.15, -0.1) is 0 Å². The third kappa shape index (κ3) is 31.6. The molecule has 0 saturated heterocycles. The van der Waals surface area contributed by atoms with E-state index in [0.29, 0.717) is 0 Å². The maximum absolute atomic E-state index is 0. The average Bonchev–Trinajstić information content (AvgIpc) is 0. The van der Waals surface area contributed by atoms with Gasteiger partial charge in [0, 0.05) is 0 Å². The van der Waals surface area contributed by atoms with Crippen LogP contribution in [0.3, 0.4) is 0 Å².